The second kappa shape index (κ2) is 8.73. The van der Waals surface area contributed by atoms with Crippen LogP contribution in [0.5, 0.6) is 0 Å². The minimum Gasteiger partial charge on any atom is -0.314 e. The highest BCUT2D eigenvalue weighted by molar-refractivity contribution is 5.76. The Morgan fingerprint density at radius 1 is 0.893 bits per heavy atom. The Kier molecular flexibility index (Phi) is 6.10. The Morgan fingerprint density at radius 3 is 2.14 bits per heavy atom. The molecule has 0 spiro atoms. The zero-order valence-electron chi connectivity index (χ0n) is 17.6. The van der Waals surface area contributed by atoms with Crippen molar-refractivity contribution >= 4 is 11.0 Å². The first-order valence-electron chi connectivity index (χ1n) is 11.3. The maximum absolute atomic E-state index is 13.2. The van der Waals surface area contributed by atoms with E-state index in [4.69, 9.17) is 0 Å². The van der Waals surface area contributed by atoms with E-state index in [0.29, 0.717) is 6.04 Å². The summed E-state index contributed by atoms with van der Waals surface area (Å²) in [4.78, 5) is 15.8. The van der Waals surface area contributed by atoms with E-state index in [2.05, 4.69) is 21.6 Å². The molecule has 0 amide bonds. The Balaban J connectivity index is 1.45. The molecule has 2 fully saturated rings. The first kappa shape index (κ1) is 19.6. The van der Waals surface area contributed by atoms with Crippen molar-refractivity contribution < 1.29 is 0 Å². The van der Waals surface area contributed by atoms with Crippen molar-refractivity contribution in [1.82, 2.24) is 14.1 Å². The molecule has 4 rings (SSSR count). The molecule has 28 heavy (non-hydrogen) atoms. The van der Waals surface area contributed by atoms with Crippen LogP contribution in [0.4, 0.5) is 0 Å². The standard InChI is InChI=1S/C23H36N4O/c1-24(2)27-22-13-9-8-12-21(22)26(23(27)28)20-14-16-25(17-15-20)18-19-10-6-4-3-5-7-11-19/h8-9,12-13,19-20H,3-7,10-11,14-18H2,1-2H3. The zero-order chi connectivity index (χ0) is 19.5. The van der Waals surface area contributed by atoms with Gasteiger partial charge in [-0.1, -0.05) is 44.2 Å². The second-order valence-corrected chi connectivity index (χ2v) is 9.04. The molecule has 1 saturated heterocycles. The molecule has 1 aliphatic heterocycles. The van der Waals surface area contributed by atoms with E-state index >= 15 is 0 Å². The maximum atomic E-state index is 13.2. The number of piperidine rings is 1. The highest BCUT2D eigenvalue weighted by Crippen LogP contribution is 2.28. The van der Waals surface area contributed by atoms with Gasteiger partial charge in [0.25, 0.3) is 0 Å². The molecule has 154 valence electrons. The van der Waals surface area contributed by atoms with Crippen LogP contribution in [-0.2, 0) is 0 Å². The summed E-state index contributed by atoms with van der Waals surface area (Å²) in [5.74, 6) is 0.884. The molecule has 1 aromatic carbocycles. The van der Waals surface area contributed by atoms with Crippen molar-refractivity contribution in [2.75, 3.05) is 38.7 Å². The lowest BCUT2D eigenvalue weighted by atomic mass is 9.90. The Labute approximate surface area is 168 Å². The molecular formula is C23H36N4O. The summed E-state index contributed by atoms with van der Waals surface area (Å²) >= 11 is 0. The van der Waals surface area contributed by atoms with Crippen molar-refractivity contribution in [2.24, 2.45) is 5.92 Å². The van der Waals surface area contributed by atoms with Gasteiger partial charge in [-0.2, -0.15) is 0 Å². The summed E-state index contributed by atoms with van der Waals surface area (Å²) < 4.78 is 3.86. The second-order valence-electron chi connectivity index (χ2n) is 9.04. The molecule has 5 nitrogen and oxygen atoms in total. The number of imidazole rings is 1. The third-order valence-corrected chi connectivity index (χ3v) is 6.82. The largest absolute Gasteiger partial charge is 0.348 e. The average Bonchev–Trinajstić information content (AvgIpc) is 2.96. The van der Waals surface area contributed by atoms with Crippen molar-refractivity contribution in [3.63, 3.8) is 0 Å². The zero-order valence-corrected chi connectivity index (χ0v) is 17.6. The van der Waals surface area contributed by atoms with Crippen LogP contribution in [0.1, 0.15) is 63.8 Å². The van der Waals surface area contributed by atoms with E-state index in [-0.39, 0.29) is 5.69 Å². The minimum atomic E-state index is 0.102. The number of hydrogen-bond acceptors (Lipinski definition) is 3. The van der Waals surface area contributed by atoms with Crippen LogP contribution >= 0.6 is 0 Å². The van der Waals surface area contributed by atoms with Crippen LogP contribution in [0.3, 0.4) is 0 Å². The van der Waals surface area contributed by atoms with Crippen LogP contribution < -0.4 is 10.7 Å². The van der Waals surface area contributed by atoms with E-state index in [1.54, 1.807) is 4.68 Å². The van der Waals surface area contributed by atoms with Gasteiger partial charge < -0.3 is 9.91 Å². The van der Waals surface area contributed by atoms with Gasteiger partial charge in [-0.25, -0.2) is 9.47 Å². The predicted molar refractivity (Wildman–Crippen MR) is 117 cm³/mol. The van der Waals surface area contributed by atoms with Gasteiger partial charge >= 0.3 is 5.69 Å². The Hall–Kier alpha value is -1.75. The number of hydrogen-bond donors (Lipinski definition) is 0. The third-order valence-electron chi connectivity index (χ3n) is 6.82. The number of nitrogens with zero attached hydrogens (tertiary/aromatic N) is 4. The number of para-hydroxylation sites is 2. The molecule has 0 unspecified atom stereocenters. The summed E-state index contributed by atoms with van der Waals surface area (Å²) in [5, 5.41) is 1.89. The number of fused-ring (bicyclic) bond motifs is 1. The third kappa shape index (κ3) is 4.00. The molecular weight excluding hydrogens is 348 g/mol. The van der Waals surface area contributed by atoms with Gasteiger partial charge in [0.15, 0.2) is 0 Å². The highest BCUT2D eigenvalue weighted by Gasteiger charge is 2.26. The molecule has 1 aromatic heterocycles. The molecule has 1 aliphatic carbocycles. The fraction of sp³-hybridized carbons (Fsp3) is 0.696. The van der Waals surface area contributed by atoms with E-state index in [1.165, 1.54) is 51.5 Å². The number of likely N-dealkylation sites (tertiary alicyclic amines) is 1. The summed E-state index contributed by atoms with van der Waals surface area (Å²) in [6.45, 7) is 3.51. The monoisotopic (exact) mass is 384 g/mol. The number of aromatic nitrogens is 2. The minimum absolute atomic E-state index is 0.102. The Bertz CT molecular complexity index is 821. The molecule has 0 bridgehead atoms. The summed E-state index contributed by atoms with van der Waals surface area (Å²) in [6, 6.07) is 8.52. The van der Waals surface area contributed by atoms with Gasteiger partial charge in [0.2, 0.25) is 0 Å². The van der Waals surface area contributed by atoms with E-state index in [9.17, 15) is 4.79 Å². The smallest absolute Gasteiger partial charge is 0.314 e. The van der Waals surface area contributed by atoms with Crippen LogP contribution in [0.2, 0.25) is 0 Å². The fourth-order valence-electron chi connectivity index (χ4n) is 5.34. The quantitative estimate of drug-likeness (QED) is 0.799. The number of rotatable bonds is 4. The first-order chi connectivity index (χ1) is 13.6. The number of benzene rings is 1. The molecule has 2 heterocycles. The predicted octanol–water partition coefficient (Wildman–Crippen LogP) is 4.00. The van der Waals surface area contributed by atoms with Crippen LogP contribution in [-0.4, -0.2) is 47.9 Å². The van der Waals surface area contributed by atoms with Crippen molar-refractivity contribution in [1.29, 1.82) is 0 Å². The molecule has 0 N–H and O–H groups in total. The van der Waals surface area contributed by atoms with Gasteiger partial charge in [0.1, 0.15) is 0 Å². The lowest BCUT2D eigenvalue weighted by Gasteiger charge is -2.35. The Morgan fingerprint density at radius 2 is 1.50 bits per heavy atom. The molecule has 0 atom stereocenters. The van der Waals surface area contributed by atoms with Crippen molar-refractivity contribution in [2.45, 2.75) is 63.8 Å². The lowest BCUT2D eigenvalue weighted by Crippen LogP contribution is -2.42. The normalized spacial score (nSPS) is 20.9. The van der Waals surface area contributed by atoms with Crippen LogP contribution in [0.25, 0.3) is 11.0 Å². The SMILES string of the molecule is CN(C)n1c(=O)n(C2CCN(CC3CCCCCCC3)CC2)c2ccccc21. The molecule has 5 heteroatoms. The van der Waals surface area contributed by atoms with Gasteiger partial charge in [-0.05, 0) is 43.7 Å². The van der Waals surface area contributed by atoms with E-state index in [0.717, 1.165) is 42.9 Å². The van der Waals surface area contributed by atoms with Gasteiger partial charge in [0.05, 0.1) is 11.0 Å². The van der Waals surface area contributed by atoms with Gasteiger partial charge in [-0.3, -0.25) is 4.57 Å². The topological polar surface area (TPSA) is 33.4 Å². The summed E-state index contributed by atoms with van der Waals surface area (Å²) in [6.07, 6.45) is 12.1. The van der Waals surface area contributed by atoms with Crippen LogP contribution in [0.15, 0.2) is 29.1 Å². The van der Waals surface area contributed by atoms with Gasteiger partial charge in [-0.15, -0.1) is 0 Å². The van der Waals surface area contributed by atoms with Crippen molar-refractivity contribution in [3.05, 3.63) is 34.7 Å². The van der Waals surface area contributed by atoms with Crippen LogP contribution in [0, 0.1) is 5.92 Å². The molecule has 0 radical (unpaired) electrons. The first-order valence-corrected chi connectivity index (χ1v) is 11.3. The molecule has 1 saturated carbocycles. The van der Waals surface area contributed by atoms with E-state index < -0.39 is 0 Å². The summed E-state index contributed by atoms with van der Waals surface area (Å²) in [5.41, 5.74) is 2.18. The van der Waals surface area contributed by atoms with E-state index in [1.807, 2.05) is 31.2 Å². The average molecular weight is 385 g/mol. The maximum Gasteiger partial charge on any atom is 0.348 e. The lowest BCUT2D eigenvalue weighted by molar-refractivity contribution is 0.152. The highest BCUT2D eigenvalue weighted by atomic mass is 16.2. The molecule has 2 aliphatic rings. The summed E-state index contributed by atoms with van der Waals surface area (Å²) in [7, 11) is 3.88. The molecule has 2 aromatic rings. The van der Waals surface area contributed by atoms with Crippen molar-refractivity contribution in [3.8, 4) is 0 Å². The van der Waals surface area contributed by atoms with Gasteiger partial charge in [0, 0.05) is 39.8 Å². The fourth-order valence-corrected chi connectivity index (χ4v) is 5.34.